The zero-order valence-electron chi connectivity index (χ0n) is 14.5. The van der Waals surface area contributed by atoms with Gasteiger partial charge in [0.2, 0.25) is 0 Å². The first kappa shape index (κ1) is 16.2. The van der Waals surface area contributed by atoms with Gasteiger partial charge in [0.05, 0.1) is 5.69 Å². The first-order chi connectivity index (χ1) is 12.7. The van der Waals surface area contributed by atoms with E-state index in [9.17, 15) is 4.79 Å². The van der Waals surface area contributed by atoms with E-state index in [1.807, 2.05) is 79.7 Å². The number of rotatable bonds is 4. The lowest BCUT2D eigenvalue weighted by atomic mass is 10.0. The maximum Gasteiger partial charge on any atom is 0.262 e. The molecule has 0 radical (unpaired) electrons. The third-order valence-corrected chi connectivity index (χ3v) is 4.51. The van der Waals surface area contributed by atoms with Crippen molar-refractivity contribution < 1.29 is 9.53 Å². The second kappa shape index (κ2) is 6.89. The molecule has 1 N–H and O–H groups in total. The predicted molar refractivity (Wildman–Crippen MR) is 107 cm³/mol. The normalized spacial score (nSPS) is 10.8. The summed E-state index contributed by atoms with van der Waals surface area (Å²) in [7, 11) is 0. The van der Waals surface area contributed by atoms with Gasteiger partial charge in [0.25, 0.3) is 5.91 Å². The second-order valence-corrected chi connectivity index (χ2v) is 6.29. The highest BCUT2D eigenvalue weighted by molar-refractivity contribution is 6.04. The van der Waals surface area contributed by atoms with Gasteiger partial charge >= 0.3 is 0 Å². The molecule has 4 rings (SSSR count). The maximum absolute atomic E-state index is 12.5. The largest absolute Gasteiger partial charge is 0.483 e. The Balaban J connectivity index is 1.54. The van der Waals surface area contributed by atoms with Crippen LogP contribution < -0.4 is 10.1 Å². The number of nitrogens with one attached hydrogen (secondary N) is 1. The van der Waals surface area contributed by atoms with Crippen LogP contribution in [0.15, 0.2) is 78.9 Å². The average Bonchev–Trinajstić information content (AvgIpc) is 2.68. The standard InChI is InChI=1S/C23H19NO2/c1-16-13-14-18-8-3-5-11-20(18)23(16)24-22(25)15-26-21-12-6-9-17-7-2-4-10-19(17)21/h2-14H,15H2,1H3,(H,24,25). The fraction of sp³-hybridized carbons (Fsp3) is 0.0870. The predicted octanol–water partition coefficient (Wildman–Crippen LogP) is 5.32. The molecule has 0 unspecified atom stereocenters. The van der Waals surface area contributed by atoms with Gasteiger partial charge in [0, 0.05) is 10.8 Å². The fourth-order valence-electron chi connectivity index (χ4n) is 3.19. The van der Waals surface area contributed by atoms with Gasteiger partial charge in [-0.1, -0.05) is 72.8 Å². The number of carbonyl (C=O) groups is 1. The van der Waals surface area contributed by atoms with Crippen molar-refractivity contribution in [3.8, 4) is 5.75 Å². The third kappa shape index (κ3) is 3.11. The minimum atomic E-state index is -0.169. The average molecular weight is 341 g/mol. The summed E-state index contributed by atoms with van der Waals surface area (Å²) in [4.78, 5) is 12.5. The van der Waals surface area contributed by atoms with Crippen LogP contribution in [0.3, 0.4) is 0 Å². The Labute approximate surface area is 152 Å². The number of hydrogen-bond acceptors (Lipinski definition) is 2. The molecular formula is C23H19NO2. The molecule has 0 aliphatic rings. The van der Waals surface area contributed by atoms with Gasteiger partial charge in [-0.2, -0.15) is 0 Å². The number of aryl methyl sites for hydroxylation is 1. The van der Waals surface area contributed by atoms with E-state index in [1.165, 1.54) is 0 Å². The van der Waals surface area contributed by atoms with Crippen LogP contribution in [-0.4, -0.2) is 12.5 Å². The van der Waals surface area contributed by atoms with Crippen molar-refractivity contribution in [2.45, 2.75) is 6.92 Å². The highest BCUT2D eigenvalue weighted by Gasteiger charge is 2.10. The van der Waals surface area contributed by atoms with E-state index in [0.29, 0.717) is 5.75 Å². The first-order valence-electron chi connectivity index (χ1n) is 8.61. The number of anilines is 1. The summed E-state index contributed by atoms with van der Waals surface area (Å²) in [5, 5.41) is 7.24. The van der Waals surface area contributed by atoms with Gasteiger partial charge < -0.3 is 10.1 Å². The van der Waals surface area contributed by atoms with Crippen molar-refractivity contribution in [2.75, 3.05) is 11.9 Å². The lowest BCUT2D eigenvalue weighted by Crippen LogP contribution is -2.21. The summed E-state index contributed by atoms with van der Waals surface area (Å²) in [6.45, 7) is 1.96. The van der Waals surface area contributed by atoms with Gasteiger partial charge in [-0.15, -0.1) is 0 Å². The van der Waals surface area contributed by atoms with Crippen molar-refractivity contribution >= 4 is 33.1 Å². The van der Waals surface area contributed by atoms with E-state index >= 15 is 0 Å². The molecule has 0 saturated heterocycles. The summed E-state index contributed by atoms with van der Waals surface area (Å²) in [5.41, 5.74) is 1.87. The van der Waals surface area contributed by atoms with Gasteiger partial charge in [-0.25, -0.2) is 0 Å². The molecule has 4 aromatic rings. The summed E-state index contributed by atoms with van der Waals surface area (Å²) in [6.07, 6.45) is 0. The topological polar surface area (TPSA) is 38.3 Å². The monoisotopic (exact) mass is 341 g/mol. The van der Waals surface area contributed by atoms with Crippen LogP contribution >= 0.6 is 0 Å². The number of ether oxygens (including phenoxy) is 1. The molecule has 0 aliphatic heterocycles. The molecule has 0 aromatic heterocycles. The van der Waals surface area contributed by atoms with E-state index in [4.69, 9.17) is 4.74 Å². The van der Waals surface area contributed by atoms with Gasteiger partial charge in [0.15, 0.2) is 6.61 Å². The number of benzene rings is 4. The minimum absolute atomic E-state index is 0.0311. The highest BCUT2D eigenvalue weighted by Crippen LogP contribution is 2.28. The van der Waals surface area contributed by atoms with Crippen molar-refractivity contribution in [1.29, 1.82) is 0 Å². The SMILES string of the molecule is Cc1ccc2ccccc2c1NC(=O)COc1cccc2ccccc12. The van der Waals surface area contributed by atoms with E-state index in [-0.39, 0.29) is 12.5 Å². The van der Waals surface area contributed by atoms with Crippen molar-refractivity contribution in [2.24, 2.45) is 0 Å². The Hall–Kier alpha value is -3.33. The lowest BCUT2D eigenvalue weighted by molar-refractivity contribution is -0.118. The number of hydrogen-bond donors (Lipinski definition) is 1. The van der Waals surface area contributed by atoms with Crippen molar-refractivity contribution in [3.05, 3.63) is 84.4 Å². The van der Waals surface area contributed by atoms with Crippen LogP contribution in [0.1, 0.15) is 5.56 Å². The highest BCUT2D eigenvalue weighted by atomic mass is 16.5. The number of carbonyl (C=O) groups excluding carboxylic acids is 1. The van der Waals surface area contributed by atoms with Crippen LogP contribution in [0.4, 0.5) is 5.69 Å². The quantitative estimate of drug-likeness (QED) is 0.545. The van der Waals surface area contributed by atoms with E-state index in [0.717, 1.165) is 32.8 Å². The van der Waals surface area contributed by atoms with Crippen LogP contribution in [-0.2, 0) is 4.79 Å². The second-order valence-electron chi connectivity index (χ2n) is 6.29. The molecule has 3 nitrogen and oxygen atoms in total. The van der Waals surface area contributed by atoms with Crippen LogP contribution in [0.25, 0.3) is 21.5 Å². The number of amides is 1. The van der Waals surface area contributed by atoms with Crippen LogP contribution in [0, 0.1) is 6.92 Å². The van der Waals surface area contributed by atoms with Crippen LogP contribution in [0.2, 0.25) is 0 Å². The first-order valence-corrected chi connectivity index (χ1v) is 8.61. The zero-order valence-corrected chi connectivity index (χ0v) is 14.5. The molecule has 0 aliphatic carbocycles. The molecule has 1 amide bonds. The van der Waals surface area contributed by atoms with E-state index in [1.54, 1.807) is 0 Å². The molecule has 3 heteroatoms. The third-order valence-electron chi connectivity index (χ3n) is 4.51. The molecule has 0 fully saturated rings. The van der Waals surface area contributed by atoms with Crippen LogP contribution in [0.5, 0.6) is 5.75 Å². The molecule has 0 atom stereocenters. The summed E-state index contributed by atoms with van der Waals surface area (Å²) >= 11 is 0. The van der Waals surface area contributed by atoms with Gasteiger partial charge in [0.1, 0.15) is 5.75 Å². The van der Waals surface area contributed by atoms with E-state index in [2.05, 4.69) is 11.4 Å². The summed E-state index contributed by atoms with van der Waals surface area (Å²) < 4.78 is 5.79. The maximum atomic E-state index is 12.5. The number of fused-ring (bicyclic) bond motifs is 2. The Kier molecular flexibility index (Phi) is 4.28. The van der Waals surface area contributed by atoms with Crippen molar-refractivity contribution in [3.63, 3.8) is 0 Å². The Morgan fingerprint density at radius 1 is 0.808 bits per heavy atom. The Morgan fingerprint density at radius 3 is 2.27 bits per heavy atom. The molecular weight excluding hydrogens is 322 g/mol. The molecule has 0 saturated carbocycles. The molecule has 0 bridgehead atoms. The molecule has 26 heavy (non-hydrogen) atoms. The fourth-order valence-corrected chi connectivity index (χ4v) is 3.19. The Bertz CT molecular complexity index is 1100. The lowest BCUT2D eigenvalue weighted by Gasteiger charge is -2.13. The van der Waals surface area contributed by atoms with E-state index < -0.39 is 0 Å². The zero-order chi connectivity index (χ0) is 17.9. The van der Waals surface area contributed by atoms with Crippen molar-refractivity contribution in [1.82, 2.24) is 0 Å². The minimum Gasteiger partial charge on any atom is -0.483 e. The molecule has 128 valence electrons. The van der Waals surface area contributed by atoms with Gasteiger partial charge in [-0.05, 0) is 29.3 Å². The summed E-state index contributed by atoms with van der Waals surface area (Å²) in [6, 6.07) is 25.9. The molecule has 4 aromatic carbocycles. The smallest absolute Gasteiger partial charge is 0.262 e. The summed E-state index contributed by atoms with van der Waals surface area (Å²) in [5.74, 6) is 0.547. The Morgan fingerprint density at radius 2 is 1.46 bits per heavy atom. The van der Waals surface area contributed by atoms with Gasteiger partial charge in [-0.3, -0.25) is 4.79 Å². The molecule has 0 spiro atoms. The molecule has 0 heterocycles.